The van der Waals surface area contributed by atoms with E-state index in [4.69, 9.17) is 9.97 Å². The molecular formula is C29H26F2N8. The van der Waals surface area contributed by atoms with Gasteiger partial charge in [0.05, 0.1) is 23.3 Å². The monoisotopic (exact) mass is 524 g/mol. The number of halogens is 2. The number of aromatic amines is 2. The van der Waals surface area contributed by atoms with Crippen LogP contribution in [0.2, 0.25) is 0 Å². The normalized spacial score (nSPS) is 16.4. The molecule has 196 valence electrons. The second-order valence-electron chi connectivity index (χ2n) is 9.53. The number of nitrogens with one attached hydrogen (secondary N) is 2. The van der Waals surface area contributed by atoms with E-state index >= 15 is 0 Å². The molecule has 0 saturated carbocycles. The molecule has 8 nitrogen and oxygen atoms in total. The lowest BCUT2D eigenvalue weighted by Gasteiger charge is -2.16. The first-order valence-corrected chi connectivity index (χ1v) is 12.6. The Bertz CT molecular complexity index is 1730. The lowest BCUT2D eigenvalue weighted by Crippen LogP contribution is -2.26. The average molecular weight is 525 g/mol. The summed E-state index contributed by atoms with van der Waals surface area (Å²) in [6.07, 6.45) is 10.7. The van der Waals surface area contributed by atoms with Crippen LogP contribution in [0.25, 0.3) is 50.4 Å². The fraction of sp³-hybridized carbons (Fsp3) is 0.207. The first-order chi connectivity index (χ1) is 18.9. The van der Waals surface area contributed by atoms with E-state index in [0.717, 1.165) is 39.0 Å². The van der Waals surface area contributed by atoms with Crippen LogP contribution in [-0.4, -0.2) is 65.6 Å². The highest BCUT2D eigenvalue weighted by molar-refractivity contribution is 5.94. The number of likely N-dealkylation sites (tertiary alicyclic amines) is 1. The summed E-state index contributed by atoms with van der Waals surface area (Å²) in [5, 5.41) is 7.54. The molecule has 5 aromatic heterocycles. The minimum atomic E-state index is -2.63. The van der Waals surface area contributed by atoms with Crippen molar-refractivity contribution < 1.29 is 8.78 Å². The van der Waals surface area contributed by atoms with Crippen molar-refractivity contribution in [1.29, 1.82) is 0 Å². The van der Waals surface area contributed by atoms with Crippen molar-refractivity contribution in [1.82, 2.24) is 40.0 Å². The van der Waals surface area contributed by atoms with Crippen LogP contribution in [-0.2, 0) is 0 Å². The number of allylic oxidation sites excluding steroid dienone is 3. The molecule has 0 aromatic carbocycles. The Kier molecular flexibility index (Phi) is 6.32. The molecule has 0 atom stereocenters. The fourth-order valence-corrected chi connectivity index (χ4v) is 4.88. The Morgan fingerprint density at radius 2 is 2.08 bits per heavy atom. The molecule has 1 saturated heterocycles. The van der Waals surface area contributed by atoms with Crippen molar-refractivity contribution in [2.45, 2.75) is 19.3 Å². The van der Waals surface area contributed by atoms with E-state index in [9.17, 15) is 8.78 Å². The van der Waals surface area contributed by atoms with E-state index in [1.54, 1.807) is 29.6 Å². The minimum Gasteiger partial charge on any atom is -0.335 e. The smallest absolute Gasteiger partial charge is 0.261 e. The van der Waals surface area contributed by atoms with Gasteiger partial charge in [0.15, 0.2) is 17.2 Å². The highest BCUT2D eigenvalue weighted by Crippen LogP contribution is 2.31. The molecule has 10 heteroatoms. The highest BCUT2D eigenvalue weighted by atomic mass is 19.3. The molecule has 6 heterocycles. The number of rotatable bonds is 7. The van der Waals surface area contributed by atoms with Crippen LogP contribution in [0.5, 0.6) is 0 Å². The van der Waals surface area contributed by atoms with Crippen LogP contribution in [0.1, 0.15) is 19.0 Å². The maximum atomic E-state index is 13.7. The van der Waals surface area contributed by atoms with Gasteiger partial charge in [0.2, 0.25) is 0 Å². The topological polar surface area (TPSA) is 99.3 Å². The number of alkyl halides is 2. The zero-order chi connectivity index (χ0) is 27.0. The maximum absolute atomic E-state index is 13.7. The van der Waals surface area contributed by atoms with Crippen molar-refractivity contribution in [3.63, 3.8) is 0 Å². The second kappa shape index (κ2) is 9.95. The van der Waals surface area contributed by atoms with E-state index in [-0.39, 0.29) is 13.0 Å². The third kappa shape index (κ3) is 4.86. The summed E-state index contributed by atoms with van der Waals surface area (Å²) in [6.45, 7) is 6.35. The summed E-state index contributed by atoms with van der Waals surface area (Å²) in [6, 6.07) is 9.62. The Hall–Kier alpha value is -4.57. The summed E-state index contributed by atoms with van der Waals surface area (Å²) < 4.78 is 27.4. The Morgan fingerprint density at radius 1 is 1.18 bits per heavy atom. The van der Waals surface area contributed by atoms with Gasteiger partial charge in [-0.2, -0.15) is 5.10 Å². The molecule has 1 fully saturated rings. The van der Waals surface area contributed by atoms with Gasteiger partial charge in [-0.25, -0.2) is 23.7 Å². The SMILES string of the molecule is C=C/C(=C\C(=C/C)c1ccc2[nH]nc(-c3nc4nccc(-c5cccnc5)c4[nH]3)c2n1)CN1CCC(F)(F)C1. The molecule has 6 rings (SSSR count). The predicted octanol–water partition coefficient (Wildman–Crippen LogP) is 5.81. The number of hydrogen-bond acceptors (Lipinski definition) is 6. The van der Waals surface area contributed by atoms with Crippen LogP contribution in [0.15, 0.2) is 79.3 Å². The Labute approximate surface area is 223 Å². The van der Waals surface area contributed by atoms with Crippen molar-refractivity contribution in [2.24, 2.45) is 0 Å². The summed E-state index contributed by atoms with van der Waals surface area (Å²) >= 11 is 0. The molecule has 0 bridgehead atoms. The molecule has 0 radical (unpaired) electrons. The minimum absolute atomic E-state index is 0.115. The van der Waals surface area contributed by atoms with E-state index < -0.39 is 5.92 Å². The van der Waals surface area contributed by atoms with Gasteiger partial charge in [0.1, 0.15) is 5.52 Å². The van der Waals surface area contributed by atoms with Gasteiger partial charge < -0.3 is 4.98 Å². The number of aromatic nitrogens is 7. The molecule has 2 N–H and O–H groups in total. The lowest BCUT2D eigenvalue weighted by molar-refractivity contribution is 0.0131. The maximum Gasteiger partial charge on any atom is 0.261 e. The molecule has 0 spiro atoms. The van der Waals surface area contributed by atoms with Crippen LogP contribution < -0.4 is 0 Å². The standard InChI is InChI=1S/C29H26F2N8/c1-3-18(16-39-13-10-29(30,31)17-39)14-19(4-2)22-7-8-23-25(34-22)26(38-37-23)28-35-24-21(9-12-33-27(24)36-28)20-6-5-11-32-15-20/h3-9,11-12,14-15H,1,10,13,16-17H2,2H3,(H,37,38)(H,33,35,36)/b18-14+,19-4+. The second-order valence-corrected chi connectivity index (χ2v) is 9.53. The van der Waals surface area contributed by atoms with Gasteiger partial charge in [0, 0.05) is 49.2 Å². The van der Waals surface area contributed by atoms with Crippen molar-refractivity contribution in [3.05, 3.63) is 85.0 Å². The molecular weight excluding hydrogens is 498 g/mol. The van der Waals surface area contributed by atoms with Gasteiger partial charge in [-0.3, -0.25) is 15.0 Å². The summed E-state index contributed by atoms with van der Waals surface area (Å²) in [4.78, 5) is 23.4. The zero-order valence-corrected chi connectivity index (χ0v) is 21.3. The quantitative estimate of drug-likeness (QED) is 0.261. The van der Waals surface area contributed by atoms with Crippen LogP contribution in [0.4, 0.5) is 8.78 Å². The zero-order valence-electron chi connectivity index (χ0n) is 21.3. The number of hydrogen-bond donors (Lipinski definition) is 2. The first-order valence-electron chi connectivity index (χ1n) is 12.6. The van der Waals surface area contributed by atoms with Crippen molar-refractivity contribution in [3.8, 4) is 22.6 Å². The summed E-state index contributed by atoms with van der Waals surface area (Å²) in [7, 11) is 0. The van der Waals surface area contributed by atoms with Gasteiger partial charge in [-0.05, 0) is 48.4 Å². The average Bonchev–Trinajstić information content (AvgIpc) is 3.66. The lowest BCUT2D eigenvalue weighted by atomic mass is 10.1. The highest BCUT2D eigenvalue weighted by Gasteiger charge is 2.37. The molecule has 1 aliphatic heterocycles. The van der Waals surface area contributed by atoms with Gasteiger partial charge in [-0.1, -0.05) is 24.8 Å². The van der Waals surface area contributed by atoms with Crippen molar-refractivity contribution >= 4 is 27.8 Å². The molecule has 0 aliphatic carbocycles. The van der Waals surface area contributed by atoms with Gasteiger partial charge in [0.25, 0.3) is 5.92 Å². The first kappa shape index (κ1) is 24.7. The van der Waals surface area contributed by atoms with Crippen molar-refractivity contribution in [2.75, 3.05) is 19.6 Å². The largest absolute Gasteiger partial charge is 0.335 e. The third-order valence-electron chi connectivity index (χ3n) is 6.86. The molecule has 39 heavy (non-hydrogen) atoms. The van der Waals surface area contributed by atoms with Crippen LogP contribution in [0, 0.1) is 0 Å². The van der Waals surface area contributed by atoms with Crippen LogP contribution in [0.3, 0.4) is 0 Å². The van der Waals surface area contributed by atoms with Gasteiger partial charge >= 0.3 is 0 Å². The molecule has 0 amide bonds. The summed E-state index contributed by atoms with van der Waals surface area (Å²) in [5.41, 5.74) is 7.66. The predicted molar refractivity (Wildman–Crippen MR) is 148 cm³/mol. The third-order valence-corrected chi connectivity index (χ3v) is 6.86. The number of imidazole rings is 1. The Morgan fingerprint density at radius 3 is 2.82 bits per heavy atom. The number of H-pyrrole nitrogens is 2. The van der Waals surface area contributed by atoms with Gasteiger partial charge in [-0.15, -0.1) is 0 Å². The number of pyridine rings is 3. The van der Waals surface area contributed by atoms with E-state index in [1.807, 2.05) is 49.4 Å². The summed E-state index contributed by atoms with van der Waals surface area (Å²) in [5.74, 6) is -2.09. The van der Waals surface area contributed by atoms with E-state index in [2.05, 4.69) is 31.7 Å². The van der Waals surface area contributed by atoms with E-state index in [1.165, 1.54) is 0 Å². The van der Waals surface area contributed by atoms with E-state index in [0.29, 0.717) is 35.8 Å². The Balaban J connectivity index is 1.35. The number of fused-ring (bicyclic) bond motifs is 2. The number of nitrogens with zero attached hydrogens (tertiary/aromatic N) is 6. The van der Waals surface area contributed by atoms with Crippen LogP contribution >= 0.6 is 0 Å². The fourth-order valence-electron chi connectivity index (χ4n) is 4.88. The molecule has 0 unspecified atom stereocenters. The molecule has 5 aromatic rings. The molecule has 1 aliphatic rings.